The molecule has 0 saturated carbocycles. The summed E-state index contributed by atoms with van der Waals surface area (Å²) >= 11 is 0. The molecular formula is C25H31N3O3. The number of unbranched alkanes of at least 4 members (excludes halogenated alkanes) is 1. The van der Waals surface area contributed by atoms with E-state index in [2.05, 4.69) is 17.6 Å². The minimum atomic E-state index is -1.49. The monoisotopic (exact) mass is 421 g/mol. The second kappa shape index (κ2) is 9.10. The van der Waals surface area contributed by atoms with E-state index in [4.69, 9.17) is 4.74 Å². The van der Waals surface area contributed by atoms with Crippen LogP contribution < -0.4 is 10.6 Å². The Morgan fingerprint density at radius 2 is 1.68 bits per heavy atom. The number of rotatable bonds is 8. The highest BCUT2D eigenvalue weighted by molar-refractivity contribution is 6.00. The van der Waals surface area contributed by atoms with Crippen LogP contribution in [0.4, 0.5) is 4.79 Å². The summed E-state index contributed by atoms with van der Waals surface area (Å²) in [6.45, 7) is 6.11. The molecule has 164 valence electrons. The summed E-state index contributed by atoms with van der Waals surface area (Å²) in [5, 5.41) is 6.29. The summed E-state index contributed by atoms with van der Waals surface area (Å²) in [4.78, 5) is 28.9. The molecule has 0 aromatic heterocycles. The lowest BCUT2D eigenvalue weighted by Crippen LogP contribution is -2.59. The molecule has 0 bridgehead atoms. The first kappa shape index (κ1) is 21.4. The van der Waals surface area contributed by atoms with E-state index in [9.17, 15) is 9.59 Å². The standard InChI is InChI=1S/C25H31N3O3/c1-3-5-17-28(22-14-16-26-22)24(30)31-25(23(29)27-15-4-2)20-12-8-6-10-18(20)19-11-7-9-13-21(19)25/h6-13,22,26H,3-5,14-17H2,1-2H3,(H,27,29). The molecule has 1 atom stereocenters. The van der Waals surface area contributed by atoms with Gasteiger partial charge in [-0.2, -0.15) is 0 Å². The zero-order chi connectivity index (χ0) is 21.8. The van der Waals surface area contributed by atoms with Crippen molar-refractivity contribution in [3.05, 3.63) is 59.7 Å². The third-order valence-corrected chi connectivity index (χ3v) is 6.16. The van der Waals surface area contributed by atoms with Gasteiger partial charge < -0.3 is 10.1 Å². The molecule has 6 nitrogen and oxygen atoms in total. The Morgan fingerprint density at radius 1 is 1.06 bits per heavy atom. The van der Waals surface area contributed by atoms with Crippen molar-refractivity contribution < 1.29 is 14.3 Å². The number of hydrogen-bond acceptors (Lipinski definition) is 4. The highest BCUT2D eigenvalue weighted by Gasteiger charge is 2.53. The molecule has 2 amide bonds. The molecule has 2 aliphatic rings. The quantitative estimate of drug-likeness (QED) is 0.676. The van der Waals surface area contributed by atoms with Crippen LogP contribution in [0, 0.1) is 0 Å². The Hall–Kier alpha value is -2.86. The van der Waals surface area contributed by atoms with Gasteiger partial charge in [0.25, 0.3) is 5.91 Å². The van der Waals surface area contributed by atoms with Gasteiger partial charge in [0.05, 0.1) is 6.17 Å². The molecule has 4 rings (SSSR count). The van der Waals surface area contributed by atoms with Crippen molar-refractivity contribution in [1.29, 1.82) is 0 Å². The molecule has 1 unspecified atom stereocenters. The van der Waals surface area contributed by atoms with Crippen molar-refractivity contribution in [2.24, 2.45) is 0 Å². The van der Waals surface area contributed by atoms with Crippen LogP contribution in [-0.4, -0.2) is 42.7 Å². The predicted molar refractivity (Wildman–Crippen MR) is 120 cm³/mol. The number of carbonyl (C=O) groups is 2. The number of ether oxygens (including phenoxy) is 1. The van der Waals surface area contributed by atoms with Gasteiger partial charge in [-0.05, 0) is 30.4 Å². The third kappa shape index (κ3) is 3.69. The summed E-state index contributed by atoms with van der Waals surface area (Å²) < 4.78 is 6.26. The van der Waals surface area contributed by atoms with E-state index in [1.54, 1.807) is 4.90 Å². The van der Waals surface area contributed by atoms with Crippen LogP contribution in [-0.2, 0) is 15.1 Å². The molecule has 0 radical (unpaired) electrons. The van der Waals surface area contributed by atoms with Crippen LogP contribution in [0.5, 0.6) is 0 Å². The smallest absolute Gasteiger partial charge is 0.412 e. The van der Waals surface area contributed by atoms with Gasteiger partial charge in [-0.25, -0.2) is 4.79 Å². The van der Waals surface area contributed by atoms with Gasteiger partial charge in [-0.3, -0.25) is 15.0 Å². The van der Waals surface area contributed by atoms with Crippen molar-refractivity contribution in [2.45, 2.75) is 51.3 Å². The Kier molecular flexibility index (Phi) is 6.28. The number of hydrogen-bond donors (Lipinski definition) is 2. The van der Waals surface area contributed by atoms with Crippen molar-refractivity contribution in [2.75, 3.05) is 19.6 Å². The third-order valence-electron chi connectivity index (χ3n) is 6.16. The van der Waals surface area contributed by atoms with E-state index < -0.39 is 11.7 Å². The molecule has 6 heteroatoms. The number of amides is 2. The number of carbonyl (C=O) groups excluding carboxylic acids is 2. The molecule has 1 heterocycles. The average molecular weight is 422 g/mol. The number of fused-ring (bicyclic) bond motifs is 3. The highest BCUT2D eigenvalue weighted by Crippen LogP contribution is 2.50. The van der Waals surface area contributed by atoms with Gasteiger partial charge in [0.1, 0.15) is 0 Å². The normalized spacial score (nSPS) is 17.8. The number of benzene rings is 2. The van der Waals surface area contributed by atoms with Gasteiger partial charge >= 0.3 is 6.09 Å². The largest absolute Gasteiger partial charge is 0.423 e. The lowest BCUT2D eigenvalue weighted by atomic mass is 9.90. The minimum absolute atomic E-state index is 0.0401. The zero-order valence-electron chi connectivity index (χ0n) is 18.3. The fourth-order valence-corrected chi connectivity index (χ4v) is 4.39. The minimum Gasteiger partial charge on any atom is -0.423 e. The molecule has 2 aromatic rings. The van der Waals surface area contributed by atoms with E-state index in [1.807, 2.05) is 55.5 Å². The first-order chi connectivity index (χ1) is 15.1. The SMILES string of the molecule is CCCCN(C(=O)OC1(C(=O)NCCC)c2ccccc2-c2ccccc21)C1CCN1. The fourth-order valence-electron chi connectivity index (χ4n) is 4.39. The number of nitrogens with one attached hydrogen (secondary N) is 2. The van der Waals surface area contributed by atoms with Gasteiger partial charge in [0, 0.05) is 30.8 Å². The van der Waals surface area contributed by atoms with Crippen molar-refractivity contribution >= 4 is 12.0 Å². The Labute approximate surface area is 184 Å². The molecule has 2 aromatic carbocycles. The summed E-state index contributed by atoms with van der Waals surface area (Å²) in [5.41, 5.74) is 1.80. The van der Waals surface area contributed by atoms with Crippen molar-refractivity contribution in [3.63, 3.8) is 0 Å². The van der Waals surface area contributed by atoms with Gasteiger partial charge in [0.15, 0.2) is 0 Å². The van der Waals surface area contributed by atoms with Crippen LogP contribution >= 0.6 is 0 Å². The maximum absolute atomic E-state index is 13.7. The average Bonchev–Trinajstić information content (AvgIpc) is 3.04. The van der Waals surface area contributed by atoms with E-state index >= 15 is 0 Å². The Bertz CT molecular complexity index is 909. The second-order valence-corrected chi connectivity index (χ2v) is 8.20. The Morgan fingerprint density at radius 3 is 2.19 bits per heavy atom. The Balaban J connectivity index is 1.78. The van der Waals surface area contributed by atoms with E-state index in [1.165, 1.54) is 0 Å². The van der Waals surface area contributed by atoms with Crippen LogP contribution in [0.2, 0.25) is 0 Å². The van der Waals surface area contributed by atoms with E-state index in [-0.39, 0.29) is 12.1 Å². The van der Waals surface area contributed by atoms with E-state index in [0.717, 1.165) is 54.5 Å². The first-order valence-electron chi connectivity index (χ1n) is 11.3. The van der Waals surface area contributed by atoms with Gasteiger partial charge in [-0.1, -0.05) is 68.8 Å². The fraction of sp³-hybridized carbons (Fsp3) is 0.440. The molecular weight excluding hydrogens is 390 g/mol. The summed E-state index contributed by atoms with van der Waals surface area (Å²) in [7, 11) is 0. The summed E-state index contributed by atoms with van der Waals surface area (Å²) in [6, 6.07) is 15.4. The van der Waals surface area contributed by atoms with E-state index in [0.29, 0.717) is 13.1 Å². The molecule has 2 N–H and O–H groups in total. The maximum Gasteiger partial charge on any atom is 0.412 e. The maximum atomic E-state index is 13.7. The van der Waals surface area contributed by atoms with Crippen LogP contribution in [0.15, 0.2) is 48.5 Å². The lowest BCUT2D eigenvalue weighted by molar-refractivity contribution is -0.138. The lowest BCUT2D eigenvalue weighted by Gasteiger charge is -2.40. The van der Waals surface area contributed by atoms with Gasteiger partial charge in [0.2, 0.25) is 5.60 Å². The molecule has 31 heavy (non-hydrogen) atoms. The van der Waals surface area contributed by atoms with Crippen molar-refractivity contribution in [3.8, 4) is 11.1 Å². The topological polar surface area (TPSA) is 70.7 Å². The molecule has 1 fully saturated rings. The summed E-state index contributed by atoms with van der Waals surface area (Å²) in [5.74, 6) is -0.294. The summed E-state index contributed by atoms with van der Waals surface area (Å²) in [6.07, 6.45) is 3.06. The van der Waals surface area contributed by atoms with Gasteiger partial charge in [-0.15, -0.1) is 0 Å². The first-order valence-corrected chi connectivity index (χ1v) is 11.3. The van der Waals surface area contributed by atoms with Crippen molar-refractivity contribution in [1.82, 2.24) is 15.5 Å². The molecule has 1 aliphatic carbocycles. The van der Waals surface area contributed by atoms with Crippen LogP contribution in [0.25, 0.3) is 11.1 Å². The number of nitrogens with zero attached hydrogens (tertiary/aromatic N) is 1. The zero-order valence-corrected chi connectivity index (χ0v) is 18.3. The van der Waals surface area contributed by atoms with Crippen LogP contribution in [0.1, 0.15) is 50.7 Å². The molecule has 0 spiro atoms. The second-order valence-electron chi connectivity index (χ2n) is 8.20. The molecule has 1 saturated heterocycles. The predicted octanol–water partition coefficient (Wildman–Crippen LogP) is 3.99. The highest BCUT2D eigenvalue weighted by atomic mass is 16.6. The van der Waals surface area contributed by atoms with Crippen LogP contribution in [0.3, 0.4) is 0 Å². The molecule has 1 aliphatic heterocycles.